The first-order chi connectivity index (χ1) is 13.3. The Balaban J connectivity index is 1.67. The molecule has 1 heterocycles. The summed E-state index contributed by atoms with van der Waals surface area (Å²) in [6.45, 7) is 4.80. The third kappa shape index (κ3) is 3.78. The molecule has 0 bridgehead atoms. The fraction of sp³-hybridized carbons (Fsp3) is 0.381. The lowest BCUT2D eigenvalue weighted by molar-refractivity contribution is -0.123. The van der Waals surface area contributed by atoms with E-state index in [2.05, 4.69) is 10.3 Å². The van der Waals surface area contributed by atoms with Gasteiger partial charge in [0.25, 0.3) is 5.91 Å². The summed E-state index contributed by atoms with van der Waals surface area (Å²) in [5, 5.41) is 2.79. The number of anilines is 1. The predicted molar refractivity (Wildman–Crippen MR) is 104 cm³/mol. The minimum absolute atomic E-state index is 0.134. The number of hydrogen-bond donors (Lipinski definition) is 2. The van der Waals surface area contributed by atoms with Gasteiger partial charge in [-0.2, -0.15) is 0 Å². The van der Waals surface area contributed by atoms with Crippen molar-refractivity contribution in [2.24, 2.45) is 0 Å². The maximum absolute atomic E-state index is 12.5. The molecule has 1 amide bonds. The normalized spacial score (nSPS) is 13.6. The number of ether oxygens (including phenoxy) is 2. The van der Waals surface area contributed by atoms with Crippen LogP contribution in [-0.4, -0.2) is 36.0 Å². The lowest BCUT2D eigenvalue weighted by Crippen LogP contribution is -2.30. The van der Waals surface area contributed by atoms with Gasteiger partial charge in [0.15, 0.2) is 6.10 Å². The molecule has 28 heavy (non-hydrogen) atoms. The average molecular weight is 384 g/mol. The van der Waals surface area contributed by atoms with Crippen molar-refractivity contribution >= 4 is 23.5 Å². The van der Waals surface area contributed by atoms with Crippen molar-refractivity contribution in [3.63, 3.8) is 0 Å². The van der Waals surface area contributed by atoms with Crippen LogP contribution in [0.1, 0.15) is 56.6 Å². The molecule has 1 atom stereocenters. The molecule has 1 aliphatic rings. The number of aromatic nitrogens is 1. The van der Waals surface area contributed by atoms with Gasteiger partial charge in [-0.15, -0.1) is 0 Å². The highest BCUT2D eigenvalue weighted by Gasteiger charge is 2.26. The van der Waals surface area contributed by atoms with E-state index < -0.39 is 23.9 Å². The number of carbonyl (C=O) groups excluding carboxylic acids is 3. The highest BCUT2D eigenvalue weighted by atomic mass is 16.5. The highest BCUT2D eigenvalue weighted by Crippen LogP contribution is 2.25. The summed E-state index contributed by atoms with van der Waals surface area (Å²) in [6.07, 6.45) is 2.21. The Morgan fingerprint density at radius 3 is 2.54 bits per heavy atom. The number of benzene rings is 1. The molecule has 0 spiro atoms. The number of nitrogens with one attached hydrogen (secondary N) is 2. The molecular weight excluding hydrogens is 360 g/mol. The van der Waals surface area contributed by atoms with Gasteiger partial charge in [-0.3, -0.25) is 4.79 Å². The number of carbonyl (C=O) groups is 3. The molecule has 148 valence electrons. The quantitative estimate of drug-likeness (QED) is 0.772. The standard InChI is InChI=1S/C21H24N2O5/c1-11-17(20(25)27-4)12(2)22-18(11)21(26)28-13(3)19(24)23-16-9-8-14-6-5-7-15(14)10-16/h8-10,13,22H,5-7H2,1-4H3,(H,23,24)/t13-/m1/s1. The molecule has 1 aromatic heterocycles. The van der Waals surface area contributed by atoms with Crippen LogP contribution in [0.15, 0.2) is 18.2 Å². The van der Waals surface area contributed by atoms with Gasteiger partial charge in [0.2, 0.25) is 0 Å². The smallest absolute Gasteiger partial charge is 0.355 e. The first-order valence-corrected chi connectivity index (χ1v) is 9.23. The molecule has 7 nitrogen and oxygen atoms in total. The van der Waals surface area contributed by atoms with Gasteiger partial charge in [-0.25, -0.2) is 9.59 Å². The summed E-state index contributed by atoms with van der Waals surface area (Å²) >= 11 is 0. The van der Waals surface area contributed by atoms with E-state index >= 15 is 0 Å². The van der Waals surface area contributed by atoms with E-state index in [1.165, 1.54) is 25.2 Å². The van der Waals surface area contributed by atoms with Crippen LogP contribution in [0.4, 0.5) is 5.69 Å². The summed E-state index contributed by atoms with van der Waals surface area (Å²) in [5.41, 5.74) is 4.62. The van der Waals surface area contributed by atoms with Crippen molar-refractivity contribution in [1.82, 2.24) is 4.98 Å². The van der Waals surface area contributed by atoms with Crippen LogP contribution >= 0.6 is 0 Å². The minimum atomic E-state index is -0.995. The zero-order valence-electron chi connectivity index (χ0n) is 16.5. The Bertz CT molecular complexity index is 945. The first-order valence-electron chi connectivity index (χ1n) is 9.23. The molecule has 1 aliphatic carbocycles. The number of aromatic amines is 1. The molecule has 1 aromatic carbocycles. The zero-order chi connectivity index (χ0) is 20.4. The first kappa shape index (κ1) is 19.7. The highest BCUT2D eigenvalue weighted by molar-refractivity contribution is 6.00. The summed E-state index contributed by atoms with van der Waals surface area (Å²) in [4.78, 5) is 39.6. The van der Waals surface area contributed by atoms with Crippen LogP contribution in [0, 0.1) is 13.8 Å². The van der Waals surface area contributed by atoms with Gasteiger partial charge in [-0.05, 0) is 68.9 Å². The van der Waals surface area contributed by atoms with E-state index in [4.69, 9.17) is 9.47 Å². The van der Waals surface area contributed by atoms with Gasteiger partial charge in [0.05, 0.1) is 12.7 Å². The van der Waals surface area contributed by atoms with Crippen molar-refractivity contribution in [3.05, 3.63) is 51.8 Å². The summed E-state index contributed by atoms with van der Waals surface area (Å²) in [6, 6.07) is 5.85. The zero-order valence-corrected chi connectivity index (χ0v) is 16.5. The van der Waals surface area contributed by atoms with E-state index in [0.717, 1.165) is 19.3 Å². The Kier molecular flexibility index (Phi) is 5.53. The lowest BCUT2D eigenvalue weighted by atomic mass is 10.1. The van der Waals surface area contributed by atoms with E-state index in [1.807, 2.05) is 18.2 Å². The molecule has 2 N–H and O–H groups in total. The van der Waals surface area contributed by atoms with Crippen LogP contribution in [-0.2, 0) is 27.1 Å². The molecule has 0 saturated carbocycles. The van der Waals surface area contributed by atoms with E-state index in [-0.39, 0.29) is 5.69 Å². The second kappa shape index (κ2) is 7.88. The van der Waals surface area contributed by atoms with E-state index in [0.29, 0.717) is 22.5 Å². The molecule has 0 aliphatic heterocycles. The van der Waals surface area contributed by atoms with E-state index in [1.54, 1.807) is 13.8 Å². The SMILES string of the molecule is COC(=O)c1c(C)[nH]c(C(=O)O[C@H](C)C(=O)Nc2ccc3c(c2)CCC3)c1C. The number of esters is 2. The van der Waals surface area contributed by atoms with Crippen LogP contribution in [0.3, 0.4) is 0 Å². The van der Waals surface area contributed by atoms with Crippen molar-refractivity contribution < 1.29 is 23.9 Å². The molecular formula is C21H24N2O5. The maximum Gasteiger partial charge on any atom is 0.355 e. The van der Waals surface area contributed by atoms with Crippen LogP contribution < -0.4 is 5.32 Å². The number of fused-ring (bicyclic) bond motifs is 1. The predicted octanol–water partition coefficient (Wildman–Crippen LogP) is 3.09. The Morgan fingerprint density at radius 2 is 1.82 bits per heavy atom. The van der Waals surface area contributed by atoms with Gasteiger partial charge < -0.3 is 19.8 Å². The number of rotatable bonds is 5. The fourth-order valence-corrected chi connectivity index (χ4v) is 3.53. The minimum Gasteiger partial charge on any atom is -0.465 e. The van der Waals surface area contributed by atoms with Crippen LogP contribution in [0.25, 0.3) is 0 Å². The van der Waals surface area contributed by atoms with Crippen molar-refractivity contribution in [3.8, 4) is 0 Å². The monoisotopic (exact) mass is 384 g/mol. The molecule has 3 rings (SSSR count). The number of hydrogen-bond acceptors (Lipinski definition) is 5. The van der Waals surface area contributed by atoms with Crippen molar-refractivity contribution in [1.29, 1.82) is 0 Å². The number of H-pyrrole nitrogens is 1. The largest absolute Gasteiger partial charge is 0.465 e. The summed E-state index contributed by atoms with van der Waals surface area (Å²) < 4.78 is 10.0. The third-order valence-corrected chi connectivity index (χ3v) is 5.05. The van der Waals surface area contributed by atoms with E-state index in [9.17, 15) is 14.4 Å². The second-order valence-electron chi connectivity index (χ2n) is 6.99. The molecule has 0 saturated heterocycles. The Hall–Kier alpha value is -3.09. The Labute approximate surface area is 163 Å². The fourth-order valence-electron chi connectivity index (χ4n) is 3.53. The molecule has 0 fully saturated rings. The molecule has 0 radical (unpaired) electrons. The number of methoxy groups -OCH3 is 1. The number of amides is 1. The lowest BCUT2D eigenvalue weighted by Gasteiger charge is -2.14. The van der Waals surface area contributed by atoms with Gasteiger partial charge in [-0.1, -0.05) is 6.07 Å². The molecule has 0 unspecified atom stereocenters. The van der Waals surface area contributed by atoms with Crippen molar-refractivity contribution in [2.45, 2.75) is 46.1 Å². The van der Waals surface area contributed by atoms with Gasteiger partial charge >= 0.3 is 11.9 Å². The third-order valence-electron chi connectivity index (χ3n) is 5.05. The molecule has 7 heteroatoms. The van der Waals surface area contributed by atoms with Crippen LogP contribution in [0.2, 0.25) is 0 Å². The summed E-state index contributed by atoms with van der Waals surface area (Å²) in [7, 11) is 1.28. The maximum atomic E-state index is 12.5. The van der Waals surface area contributed by atoms with Crippen LogP contribution in [0.5, 0.6) is 0 Å². The van der Waals surface area contributed by atoms with Gasteiger partial charge in [0.1, 0.15) is 5.69 Å². The molecule has 2 aromatic rings. The van der Waals surface area contributed by atoms with Gasteiger partial charge in [0, 0.05) is 11.4 Å². The van der Waals surface area contributed by atoms with Crippen molar-refractivity contribution in [2.75, 3.05) is 12.4 Å². The summed E-state index contributed by atoms with van der Waals surface area (Å²) in [5.74, 6) is -1.65. The Morgan fingerprint density at radius 1 is 1.11 bits per heavy atom. The topological polar surface area (TPSA) is 97.5 Å². The average Bonchev–Trinajstić information content (AvgIpc) is 3.24. The second-order valence-corrected chi connectivity index (χ2v) is 6.99. The number of aryl methyl sites for hydroxylation is 3.